The highest BCUT2D eigenvalue weighted by Crippen LogP contribution is 2.28. The highest BCUT2D eigenvalue weighted by Gasteiger charge is 2.19. The number of pyridine rings is 1. The number of halogens is 1. The molecule has 0 aliphatic heterocycles. The highest BCUT2D eigenvalue weighted by molar-refractivity contribution is 7.19. The van der Waals surface area contributed by atoms with E-state index in [2.05, 4.69) is 10.6 Å². The fourth-order valence-corrected chi connectivity index (χ4v) is 5.29. The molecule has 176 valence electrons. The maximum absolute atomic E-state index is 13.2. The molecule has 3 N–H and O–H groups in total. The van der Waals surface area contributed by atoms with Crippen LogP contribution in [0.2, 0.25) is 5.02 Å². The summed E-state index contributed by atoms with van der Waals surface area (Å²) in [5.41, 5.74) is 3.41. The molecule has 0 aliphatic rings. The van der Waals surface area contributed by atoms with Crippen molar-refractivity contribution in [3.8, 4) is 0 Å². The Bertz CT molecular complexity index is 1360. The van der Waals surface area contributed by atoms with Crippen molar-refractivity contribution in [3.05, 3.63) is 103 Å². The summed E-state index contributed by atoms with van der Waals surface area (Å²) in [6.07, 6.45) is 0.982. The molecule has 0 saturated carbocycles. The fraction of sp³-hybridized carbons (Fsp3) is 0.231. The highest BCUT2D eigenvalue weighted by atomic mass is 35.5. The molecule has 0 bridgehead atoms. The van der Waals surface area contributed by atoms with Gasteiger partial charge in [0.15, 0.2) is 0 Å². The van der Waals surface area contributed by atoms with Crippen LogP contribution in [0, 0.1) is 6.92 Å². The van der Waals surface area contributed by atoms with Crippen LogP contribution in [0.3, 0.4) is 0 Å². The predicted molar refractivity (Wildman–Crippen MR) is 138 cm³/mol. The summed E-state index contributed by atoms with van der Waals surface area (Å²) in [5.74, 6) is -0.408. The molecule has 2 heterocycles. The third-order valence-corrected chi connectivity index (χ3v) is 7.29. The van der Waals surface area contributed by atoms with Crippen LogP contribution >= 0.6 is 22.9 Å². The van der Waals surface area contributed by atoms with Crippen molar-refractivity contribution >= 4 is 39.1 Å². The number of nitrogens with one attached hydrogen (secondary N) is 2. The van der Waals surface area contributed by atoms with E-state index in [4.69, 9.17) is 11.6 Å². The summed E-state index contributed by atoms with van der Waals surface area (Å²) < 4.78 is 2.39. The molecule has 34 heavy (non-hydrogen) atoms. The van der Waals surface area contributed by atoms with Gasteiger partial charge in [-0.15, -0.1) is 11.3 Å². The number of carbonyl (C=O) groups excluding carboxylic acids is 1. The van der Waals surface area contributed by atoms with E-state index in [9.17, 15) is 14.7 Å². The molecule has 4 aromatic rings. The second-order valence-corrected chi connectivity index (χ2v) is 9.72. The van der Waals surface area contributed by atoms with Gasteiger partial charge in [-0.2, -0.15) is 0 Å². The van der Waals surface area contributed by atoms with Crippen molar-refractivity contribution < 1.29 is 9.90 Å². The van der Waals surface area contributed by atoms with Crippen LogP contribution in [-0.4, -0.2) is 22.1 Å². The molecule has 2 aromatic carbocycles. The number of hydrogen-bond donors (Lipinski definition) is 3. The maximum atomic E-state index is 13.2. The third kappa shape index (κ3) is 5.23. The number of benzene rings is 2. The Morgan fingerprint density at radius 2 is 1.82 bits per heavy atom. The van der Waals surface area contributed by atoms with Gasteiger partial charge < -0.3 is 20.3 Å². The van der Waals surface area contributed by atoms with Crippen LogP contribution in [-0.2, 0) is 20.1 Å². The topological polar surface area (TPSA) is 83.4 Å². The van der Waals surface area contributed by atoms with Gasteiger partial charge in [0, 0.05) is 42.8 Å². The largest absolute Gasteiger partial charge is 0.387 e. The molecule has 0 radical (unpaired) electrons. The summed E-state index contributed by atoms with van der Waals surface area (Å²) in [7, 11) is 1.84. The van der Waals surface area contributed by atoms with Gasteiger partial charge in [-0.3, -0.25) is 9.59 Å². The normalized spacial score (nSPS) is 12.1. The van der Waals surface area contributed by atoms with Gasteiger partial charge in [0.05, 0.1) is 16.3 Å². The first kappa shape index (κ1) is 24.2. The number of amides is 1. The quantitative estimate of drug-likeness (QED) is 0.340. The van der Waals surface area contributed by atoms with Crippen molar-refractivity contribution in [2.75, 3.05) is 6.54 Å². The lowest BCUT2D eigenvalue weighted by Gasteiger charge is -2.12. The van der Waals surface area contributed by atoms with Gasteiger partial charge in [0.2, 0.25) is 5.43 Å². The summed E-state index contributed by atoms with van der Waals surface area (Å²) >= 11 is 7.29. The molecule has 6 nitrogen and oxygen atoms in total. The van der Waals surface area contributed by atoms with E-state index in [1.54, 1.807) is 18.3 Å². The first-order valence-electron chi connectivity index (χ1n) is 10.9. The van der Waals surface area contributed by atoms with Crippen molar-refractivity contribution in [3.63, 3.8) is 0 Å². The van der Waals surface area contributed by atoms with Gasteiger partial charge in [-0.25, -0.2) is 0 Å². The van der Waals surface area contributed by atoms with Crippen LogP contribution in [0.15, 0.2) is 65.6 Å². The smallest absolute Gasteiger partial charge is 0.257 e. The molecule has 1 atom stereocenters. The second kappa shape index (κ2) is 10.5. The molecule has 1 unspecified atom stereocenters. The van der Waals surface area contributed by atoms with Crippen LogP contribution in [0.1, 0.15) is 38.0 Å². The Labute approximate surface area is 206 Å². The molecule has 4 rings (SSSR count). The summed E-state index contributed by atoms with van der Waals surface area (Å²) in [6.45, 7) is 3.20. The molecule has 0 fully saturated rings. The van der Waals surface area contributed by atoms with E-state index < -0.39 is 12.0 Å². The van der Waals surface area contributed by atoms with E-state index >= 15 is 0 Å². The van der Waals surface area contributed by atoms with Gasteiger partial charge in [0.25, 0.3) is 5.91 Å². The fourth-order valence-electron chi connectivity index (χ4n) is 3.89. The molecule has 1 amide bonds. The van der Waals surface area contributed by atoms with E-state index in [0.717, 1.165) is 27.1 Å². The monoisotopic (exact) mass is 495 g/mol. The van der Waals surface area contributed by atoms with Crippen molar-refractivity contribution in [2.45, 2.75) is 26.1 Å². The van der Waals surface area contributed by atoms with Gasteiger partial charge in [-0.1, -0.05) is 54.1 Å². The number of rotatable bonds is 8. The summed E-state index contributed by atoms with van der Waals surface area (Å²) in [6, 6.07) is 16.7. The Morgan fingerprint density at radius 3 is 2.53 bits per heavy atom. The van der Waals surface area contributed by atoms with Crippen molar-refractivity contribution in [2.24, 2.45) is 7.05 Å². The van der Waals surface area contributed by atoms with Crippen molar-refractivity contribution in [1.82, 2.24) is 15.2 Å². The molecular weight excluding hydrogens is 470 g/mol. The van der Waals surface area contributed by atoms with Crippen LogP contribution in [0.25, 0.3) is 10.2 Å². The Morgan fingerprint density at radius 1 is 1.12 bits per heavy atom. The number of nitrogens with zero attached hydrogens (tertiary/aromatic N) is 1. The van der Waals surface area contributed by atoms with Crippen LogP contribution in [0.5, 0.6) is 0 Å². The molecule has 8 heteroatoms. The number of carbonyl (C=O) groups is 1. The van der Waals surface area contributed by atoms with E-state index in [-0.39, 0.29) is 11.0 Å². The van der Waals surface area contributed by atoms with Gasteiger partial charge in [-0.05, 0) is 35.7 Å². The SMILES string of the molecule is Cc1c(CNCC(O)c2ccccc2)sc2c(=O)c(C(=O)NCc3ccc(Cl)cc3)cn(C)c12. The van der Waals surface area contributed by atoms with Crippen molar-refractivity contribution in [1.29, 1.82) is 0 Å². The predicted octanol–water partition coefficient (Wildman–Crippen LogP) is 4.32. The Kier molecular flexibility index (Phi) is 7.48. The maximum Gasteiger partial charge on any atom is 0.257 e. The Hall–Kier alpha value is -2.97. The van der Waals surface area contributed by atoms with Crippen LogP contribution < -0.4 is 16.1 Å². The molecule has 2 aromatic heterocycles. The zero-order valence-corrected chi connectivity index (χ0v) is 20.5. The average molecular weight is 496 g/mol. The third-order valence-electron chi connectivity index (χ3n) is 5.76. The zero-order chi connectivity index (χ0) is 24.2. The van der Waals surface area contributed by atoms with Gasteiger partial charge in [0.1, 0.15) is 5.56 Å². The average Bonchev–Trinajstić information content (AvgIpc) is 3.18. The molecule has 0 spiro atoms. The second-order valence-electron chi connectivity index (χ2n) is 8.18. The minimum atomic E-state index is -0.613. The number of hydrogen-bond acceptors (Lipinski definition) is 5. The number of aromatic nitrogens is 1. The lowest BCUT2D eigenvalue weighted by molar-refractivity contribution is 0.0949. The van der Waals surface area contributed by atoms with E-state index in [1.807, 2.05) is 61.0 Å². The summed E-state index contributed by atoms with van der Waals surface area (Å²) in [4.78, 5) is 27.0. The van der Waals surface area contributed by atoms with Crippen LogP contribution in [0.4, 0.5) is 0 Å². The number of fused-ring (bicyclic) bond motifs is 1. The minimum absolute atomic E-state index is 0.115. The van der Waals surface area contributed by atoms with E-state index in [0.29, 0.717) is 29.4 Å². The number of thiophene rings is 1. The standard InChI is InChI=1S/C26H26ClN3O3S/c1-16-22(14-28-13-21(31)18-6-4-3-5-7-18)34-25-23(16)30(2)15-20(24(25)32)26(33)29-12-17-8-10-19(27)11-9-17/h3-11,15,21,28,31H,12-14H2,1-2H3,(H,29,33). The number of aryl methyl sites for hydroxylation is 2. The first-order chi connectivity index (χ1) is 16.3. The minimum Gasteiger partial charge on any atom is -0.387 e. The van der Waals surface area contributed by atoms with Gasteiger partial charge >= 0.3 is 0 Å². The molecule has 0 saturated heterocycles. The molecular formula is C26H26ClN3O3S. The number of aliphatic hydroxyl groups is 1. The zero-order valence-electron chi connectivity index (χ0n) is 19.0. The Balaban J connectivity index is 1.49. The summed E-state index contributed by atoms with van der Waals surface area (Å²) in [5, 5.41) is 17.1. The number of aliphatic hydroxyl groups excluding tert-OH is 1. The van der Waals surface area contributed by atoms with E-state index in [1.165, 1.54) is 11.3 Å². The lowest BCUT2D eigenvalue weighted by atomic mass is 10.1. The molecule has 0 aliphatic carbocycles. The first-order valence-corrected chi connectivity index (χ1v) is 12.1. The lowest BCUT2D eigenvalue weighted by Crippen LogP contribution is -2.29.